The average molecular weight is 346 g/mol. The number of aromatic nitrogens is 3. The normalized spacial score (nSPS) is 19.9. The van der Waals surface area contributed by atoms with E-state index in [1.165, 1.54) is 6.33 Å². The van der Waals surface area contributed by atoms with E-state index in [4.69, 9.17) is 0 Å². The summed E-state index contributed by atoms with van der Waals surface area (Å²) in [7, 11) is -4.27. The second kappa shape index (κ2) is 5.93. The molecule has 0 amide bonds. The van der Waals surface area contributed by atoms with Crippen LogP contribution in [0.3, 0.4) is 0 Å². The van der Waals surface area contributed by atoms with Crippen LogP contribution in [0, 0.1) is 17.5 Å². The molecule has 0 radical (unpaired) electrons. The van der Waals surface area contributed by atoms with Crippen molar-refractivity contribution in [3.8, 4) is 0 Å². The average Bonchev–Trinajstić information content (AvgIpc) is 3.07. The van der Waals surface area contributed by atoms with Gasteiger partial charge in [0.2, 0.25) is 10.0 Å². The Morgan fingerprint density at radius 1 is 1.22 bits per heavy atom. The van der Waals surface area contributed by atoms with Gasteiger partial charge in [-0.05, 0) is 25.0 Å². The summed E-state index contributed by atoms with van der Waals surface area (Å²) < 4.78 is 66.3. The van der Waals surface area contributed by atoms with Crippen LogP contribution in [0.25, 0.3) is 0 Å². The number of sulfonamides is 1. The molecule has 0 saturated carbocycles. The lowest BCUT2D eigenvalue weighted by atomic mass is 9.99. The maximum atomic E-state index is 13.8. The van der Waals surface area contributed by atoms with Gasteiger partial charge in [-0.1, -0.05) is 0 Å². The minimum Gasteiger partial charge on any atom is -0.263 e. The highest BCUT2D eigenvalue weighted by molar-refractivity contribution is 7.89. The fraction of sp³-hybridized carbons (Fsp3) is 0.385. The van der Waals surface area contributed by atoms with E-state index in [0.717, 1.165) is 10.4 Å². The predicted molar refractivity (Wildman–Crippen MR) is 73.4 cm³/mol. The maximum Gasteiger partial charge on any atom is 0.246 e. The number of nitrogens with one attached hydrogen (secondary N) is 1. The summed E-state index contributed by atoms with van der Waals surface area (Å²) in [5.74, 6) is -4.61. The highest BCUT2D eigenvalue weighted by atomic mass is 32.2. The van der Waals surface area contributed by atoms with E-state index < -0.39 is 32.4 Å². The van der Waals surface area contributed by atoms with Crippen LogP contribution in [-0.2, 0) is 10.0 Å². The predicted octanol–water partition coefficient (Wildman–Crippen LogP) is 1.79. The van der Waals surface area contributed by atoms with Crippen LogP contribution in [-0.4, -0.2) is 41.0 Å². The Morgan fingerprint density at radius 2 is 2.00 bits per heavy atom. The number of hydrogen-bond donors (Lipinski definition) is 1. The van der Waals surface area contributed by atoms with Gasteiger partial charge in [-0.25, -0.2) is 26.6 Å². The molecule has 1 aromatic carbocycles. The van der Waals surface area contributed by atoms with Crippen LogP contribution in [0.2, 0.25) is 0 Å². The van der Waals surface area contributed by atoms with E-state index in [1.54, 1.807) is 0 Å². The Balaban J connectivity index is 1.92. The number of piperidine rings is 1. The molecule has 3 rings (SSSR count). The SMILES string of the molecule is O=S(=O)(c1ccc(F)c(F)c1F)N1CCCC(c2ncn[nH]2)C1. The Labute approximate surface area is 130 Å². The Bertz CT molecular complexity index is 811. The Morgan fingerprint density at radius 3 is 2.70 bits per heavy atom. The van der Waals surface area contributed by atoms with Gasteiger partial charge in [0.1, 0.15) is 17.0 Å². The molecule has 1 fully saturated rings. The second-order valence-electron chi connectivity index (χ2n) is 5.25. The molecule has 1 saturated heterocycles. The van der Waals surface area contributed by atoms with Crippen molar-refractivity contribution in [2.45, 2.75) is 23.7 Å². The monoisotopic (exact) mass is 346 g/mol. The number of aromatic amines is 1. The van der Waals surface area contributed by atoms with Gasteiger partial charge in [0.15, 0.2) is 17.5 Å². The maximum absolute atomic E-state index is 13.8. The fourth-order valence-corrected chi connectivity index (χ4v) is 4.22. The molecule has 0 spiro atoms. The van der Waals surface area contributed by atoms with Gasteiger partial charge in [0, 0.05) is 19.0 Å². The van der Waals surface area contributed by atoms with E-state index in [1.807, 2.05) is 0 Å². The van der Waals surface area contributed by atoms with Crippen LogP contribution in [0.5, 0.6) is 0 Å². The molecule has 1 aliphatic rings. The minimum atomic E-state index is -4.27. The van der Waals surface area contributed by atoms with Crippen molar-refractivity contribution in [2.24, 2.45) is 0 Å². The molecule has 2 heterocycles. The summed E-state index contributed by atoms with van der Waals surface area (Å²) in [4.78, 5) is 3.13. The van der Waals surface area contributed by atoms with Crippen molar-refractivity contribution in [3.05, 3.63) is 41.7 Å². The van der Waals surface area contributed by atoms with Crippen LogP contribution in [0.1, 0.15) is 24.6 Å². The Hall–Kier alpha value is -1.94. The zero-order chi connectivity index (χ0) is 16.6. The molecule has 124 valence electrons. The second-order valence-corrected chi connectivity index (χ2v) is 7.15. The van der Waals surface area contributed by atoms with Crippen LogP contribution in [0.15, 0.2) is 23.4 Å². The molecule has 1 atom stereocenters. The van der Waals surface area contributed by atoms with Crippen molar-refractivity contribution < 1.29 is 21.6 Å². The number of nitrogens with zero attached hydrogens (tertiary/aromatic N) is 3. The lowest BCUT2D eigenvalue weighted by molar-refractivity contribution is 0.307. The molecular weight excluding hydrogens is 333 g/mol. The fourth-order valence-electron chi connectivity index (χ4n) is 2.64. The zero-order valence-corrected chi connectivity index (χ0v) is 12.7. The number of rotatable bonds is 3. The highest BCUT2D eigenvalue weighted by Crippen LogP contribution is 2.30. The third kappa shape index (κ3) is 2.83. The van der Waals surface area contributed by atoms with Gasteiger partial charge in [0.25, 0.3) is 0 Å². The molecular formula is C13H13F3N4O2S. The molecule has 1 N–H and O–H groups in total. The summed E-state index contributed by atoms with van der Waals surface area (Å²) in [6.07, 6.45) is 2.55. The van der Waals surface area contributed by atoms with Crippen LogP contribution >= 0.6 is 0 Å². The third-order valence-corrected chi connectivity index (χ3v) is 5.70. The van der Waals surface area contributed by atoms with Gasteiger partial charge < -0.3 is 0 Å². The number of benzene rings is 1. The lowest BCUT2D eigenvalue weighted by Crippen LogP contribution is -2.39. The number of halogens is 3. The summed E-state index contributed by atoms with van der Waals surface area (Å²) in [5, 5.41) is 6.40. The minimum absolute atomic E-state index is 0.0654. The lowest BCUT2D eigenvalue weighted by Gasteiger charge is -2.30. The molecule has 2 aromatic rings. The van der Waals surface area contributed by atoms with Crippen molar-refractivity contribution >= 4 is 10.0 Å². The number of hydrogen-bond acceptors (Lipinski definition) is 4. The van der Waals surface area contributed by atoms with Gasteiger partial charge in [-0.2, -0.15) is 9.40 Å². The summed E-state index contributed by atoms with van der Waals surface area (Å²) >= 11 is 0. The number of H-pyrrole nitrogens is 1. The largest absolute Gasteiger partial charge is 0.263 e. The first-order chi connectivity index (χ1) is 10.9. The van der Waals surface area contributed by atoms with Gasteiger partial charge in [-0.15, -0.1) is 0 Å². The zero-order valence-electron chi connectivity index (χ0n) is 11.8. The van der Waals surface area contributed by atoms with Gasteiger partial charge in [0.05, 0.1) is 0 Å². The summed E-state index contributed by atoms with van der Waals surface area (Å²) in [5.41, 5.74) is 0. The standard InChI is InChI=1S/C13H13F3N4O2S/c14-9-3-4-10(12(16)11(9)15)23(21,22)20-5-1-2-8(6-20)13-17-7-18-19-13/h3-4,7-8H,1-2,5-6H2,(H,17,18,19). The molecule has 1 unspecified atom stereocenters. The summed E-state index contributed by atoms with van der Waals surface area (Å²) in [6.45, 7) is 0.237. The first-order valence-electron chi connectivity index (χ1n) is 6.90. The van der Waals surface area contributed by atoms with E-state index >= 15 is 0 Å². The smallest absolute Gasteiger partial charge is 0.246 e. The molecule has 1 aliphatic heterocycles. The van der Waals surface area contributed by atoms with Crippen LogP contribution in [0.4, 0.5) is 13.2 Å². The molecule has 10 heteroatoms. The molecule has 0 aliphatic carbocycles. The molecule has 23 heavy (non-hydrogen) atoms. The van der Waals surface area contributed by atoms with Crippen molar-refractivity contribution in [1.82, 2.24) is 19.5 Å². The quantitative estimate of drug-likeness (QED) is 0.860. The summed E-state index contributed by atoms with van der Waals surface area (Å²) in [6, 6.07) is 1.34. The van der Waals surface area contributed by atoms with Crippen molar-refractivity contribution in [2.75, 3.05) is 13.1 Å². The van der Waals surface area contributed by atoms with E-state index in [0.29, 0.717) is 24.7 Å². The van der Waals surface area contributed by atoms with Crippen molar-refractivity contribution in [1.29, 1.82) is 0 Å². The Kier molecular flexibility index (Phi) is 4.11. The first-order valence-corrected chi connectivity index (χ1v) is 8.34. The van der Waals surface area contributed by atoms with Gasteiger partial charge in [-0.3, -0.25) is 5.10 Å². The van der Waals surface area contributed by atoms with Gasteiger partial charge >= 0.3 is 0 Å². The molecule has 6 nitrogen and oxygen atoms in total. The third-order valence-electron chi connectivity index (χ3n) is 3.82. The van der Waals surface area contributed by atoms with E-state index in [-0.39, 0.29) is 19.0 Å². The van der Waals surface area contributed by atoms with Crippen molar-refractivity contribution in [3.63, 3.8) is 0 Å². The first kappa shape index (κ1) is 15.9. The van der Waals surface area contributed by atoms with E-state index in [9.17, 15) is 21.6 Å². The van der Waals surface area contributed by atoms with Crippen LogP contribution < -0.4 is 0 Å². The highest BCUT2D eigenvalue weighted by Gasteiger charge is 2.34. The topological polar surface area (TPSA) is 79.0 Å². The van der Waals surface area contributed by atoms with E-state index in [2.05, 4.69) is 15.2 Å². The molecule has 1 aromatic heterocycles. The molecule has 0 bridgehead atoms.